The molecule has 1 aromatic rings. The Kier molecular flexibility index (Phi) is 2.54. The number of Topliss-reactive ketones (excluding diaryl/α,β-unsaturated/α-hetero) is 1. The zero-order chi connectivity index (χ0) is 12.7. The summed E-state index contributed by atoms with van der Waals surface area (Å²) in [6.45, 7) is 0. The fraction of sp³-hybridized carbons (Fsp3) is 0.333. The van der Waals surface area contributed by atoms with Gasteiger partial charge in [-0.2, -0.15) is 0 Å². The molecule has 3 nitrogen and oxygen atoms in total. The average molecular weight is 242 g/mol. The molecule has 3 rings (SSSR count). The fourth-order valence-corrected chi connectivity index (χ4v) is 2.93. The van der Waals surface area contributed by atoms with E-state index in [9.17, 15) is 9.59 Å². The van der Waals surface area contributed by atoms with Crippen molar-refractivity contribution in [3.63, 3.8) is 0 Å². The summed E-state index contributed by atoms with van der Waals surface area (Å²) >= 11 is 0. The average Bonchev–Trinajstić information content (AvgIpc) is 2.40. The smallest absolute Gasteiger partial charge is 0.156 e. The molecule has 0 heterocycles. The van der Waals surface area contributed by atoms with E-state index in [2.05, 4.69) is 0 Å². The molecule has 0 aliphatic heterocycles. The molecule has 0 spiro atoms. The van der Waals surface area contributed by atoms with Crippen LogP contribution in [0.15, 0.2) is 36.4 Å². The highest BCUT2D eigenvalue weighted by atomic mass is 16.5. The second-order valence-electron chi connectivity index (χ2n) is 4.87. The van der Waals surface area contributed by atoms with Crippen molar-refractivity contribution in [2.24, 2.45) is 11.8 Å². The number of hydrogen-bond donors (Lipinski definition) is 0. The highest BCUT2D eigenvalue weighted by Gasteiger charge is 2.50. The van der Waals surface area contributed by atoms with Crippen LogP contribution in [0.3, 0.4) is 0 Å². The summed E-state index contributed by atoms with van der Waals surface area (Å²) < 4.78 is 5.18. The molecule has 92 valence electrons. The third kappa shape index (κ3) is 1.58. The van der Waals surface area contributed by atoms with Gasteiger partial charge >= 0.3 is 0 Å². The van der Waals surface area contributed by atoms with Crippen LogP contribution in [-0.2, 0) is 9.59 Å². The third-order valence-electron chi connectivity index (χ3n) is 3.90. The molecule has 0 saturated heterocycles. The molecule has 1 fully saturated rings. The minimum atomic E-state index is -0.102. The molecule has 1 saturated carbocycles. The fourth-order valence-electron chi connectivity index (χ4n) is 2.93. The number of carbonyl (C=O) groups excluding carboxylic acids is 2. The van der Waals surface area contributed by atoms with Crippen molar-refractivity contribution in [1.82, 2.24) is 0 Å². The van der Waals surface area contributed by atoms with E-state index in [0.29, 0.717) is 6.42 Å². The van der Waals surface area contributed by atoms with E-state index in [4.69, 9.17) is 4.74 Å². The first-order valence-corrected chi connectivity index (χ1v) is 6.09. The van der Waals surface area contributed by atoms with Gasteiger partial charge in [0.1, 0.15) is 11.5 Å². The molecule has 0 aromatic heterocycles. The lowest BCUT2D eigenvalue weighted by molar-refractivity contribution is -0.139. The number of fused-ring (bicyclic) bond motifs is 1. The lowest BCUT2D eigenvalue weighted by Gasteiger charge is -2.43. The number of benzene rings is 1. The van der Waals surface area contributed by atoms with Gasteiger partial charge < -0.3 is 4.74 Å². The lowest BCUT2D eigenvalue weighted by atomic mass is 9.58. The number of ether oxygens (including phenoxy) is 1. The molecule has 18 heavy (non-hydrogen) atoms. The number of ketones is 2. The van der Waals surface area contributed by atoms with Crippen molar-refractivity contribution in [2.45, 2.75) is 12.3 Å². The summed E-state index contributed by atoms with van der Waals surface area (Å²) in [5, 5.41) is 0. The van der Waals surface area contributed by atoms with E-state index >= 15 is 0 Å². The Hall–Kier alpha value is -1.90. The van der Waals surface area contributed by atoms with Crippen LogP contribution in [0.5, 0.6) is 5.75 Å². The van der Waals surface area contributed by atoms with E-state index in [1.54, 1.807) is 13.2 Å². The molecule has 2 aliphatic rings. The SMILES string of the molecule is COc1cccc([C@H]2C(=O)[C@H]3CC(=O)C=C[C@H]32)c1. The summed E-state index contributed by atoms with van der Waals surface area (Å²) in [4.78, 5) is 23.4. The predicted octanol–water partition coefficient (Wildman–Crippen LogP) is 2.12. The topological polar surface area (TPSA) is 43.4 Å². The maximum Gasteiger partial charge on any atom is 0.156 e. The van der Waals surface area contributed by atoms with Crippen molar-refractivity contribution >= 4 is 11.6 Å². The van der Waals surface area contributed by atoms with Crippen molar-refractivity contribution in [1.29, 1.82) is 0 Å². The van der Waals surface area contributed by atoms with E-state index in [0.717, 1.165) is 11.3 Å². The van der Waals surface area contributed by atoms with Crippen LogP contribution in [0, 0.1) is 11.8 Å². The maximum absolute atomic E-state index is 12.1. The quantitative estimate of drug-likeness (QED) is 0.797. The second-order valence-corrected chi connectivity index (χ2v) is 4.87. The lowest BCUT2D eigenvalue weighted by Crippen LogP contribution is -2.47. The number of methoxy groups -OCH3 is 1. The second kappa shape index (κ2) is 4.09. The van der Waals surface area contributed by atoms with Crippen LogP contribution in [-0.4, -0.2) is 18.7 Å². The highest BCUT2D eigenvalue weighted by Crippen LogP contribution is 2.48. The molecule has 0 radical (unpaired) electrons. The Balaban J connectivity index is 1.91. The summed E-state index contributed by atoms with van der Waals surface area (Å²) in [5.41, 5.74) is 0.986. The number of rotatable bonds is 2. The van der Waals surface area contributed by atoms with E-state index < -0.39 is 0 Å². The van der Waals surface area contributed by atoms with E-state index in [1.807, 2.05) is 30.3 Å². The molecule has 3 heteroatoms. The van der Waals surface area contributed by atoms with Gasteiger partial charge in [0, 0.05) is 18.3 Å². The summed E-state index contributed by atoms with van der Waals surface area (Å²) in [5.74, 6) is 0.995. The normalized spacial score (nSPS) is 29.7. The Morgan fingerprint density at radius 1 is 1.28 bits per heavy atom. The molecular weight excluding hydrogens is 228 g/mol. The molecule has 0 unspecified atom stereocenters. The maximum atomic E-state index is 12.1. The minimum Gasteiger partial charge on any atom is -0.497 e. The Labute approximate surface area is 105 Å². The summed E-state index contributed by atoms with van der Waals surface area (Å²) in [7, 11) is 1.61. The molecule has 0 N–H and O–H groups in total. The molecular formula is C15H14O3. The number of carbonyl (C=O) groups is 2. The van der Waals surface area contributed by atoms with Crippen LogP contribution in [0.4, 0.5) is 0 Å². The van der Waals surface area contributed by atoms with Crippen LogP contribution in [0.1, 0.15) is 17.9 Å². The van der Waals surface area contributed by atoms with Gasteiger partial charge in [0.15, 0.2) is 5.78 Å². The van der Waals surface area contributed by atoms with Crippen molar-refractivity contribution < 1.29 is 14.3 Å². The molecule has 0 amide bonds. The van der Waals surface area contributed by atoms with Crippen molar-refractivity contribution in [3.8, 4) is 5.75 Å². The number of allylic oxidation sites excluding steroid dienone is 2. The van der Waals surface area contributed by atoms with Crippen LogP contribution in [0.25, 0.3) is 0 Å². The largest absolute Gasteiger partial charge is 0.497 e. The van der Waals surface area contributed by atoms with Gasteiger partial charge in [0.2, 0.25) is 0 Å². The van der Waals surface area contributed by atoms with Gasteiger partial charge in [-0.1, -0.05) is 18.2 Å². The first-order chi connectivity index (χ1) is 8.70. The monoisotopic (exact) mass is 242 g/mol. The Morgan fingerprint density at radius 3 is 2.89 bits per heavy atom. The molecule has 3 atom stereocenters. The first-order valence-electron chi connectivity index (χ1n) is 6.09. The van der Waals surface area contributed by atoms with Gasteiger partial charge in [0.05, 0.1) is 13.0 Å². The predicted molar refractivity (Wildman–Crippen MR) is 66.5 cm³/mol. The van der Waals surface area contributed by atoms with Gasteiger partial charge in [0.25, 0.3) is 0 Å². The van der Waals surface area contributed by atoms with Gasteiger partial charge in [-0.25, -0.2) is 0 Å². The van der Waals surface area contributed by atoms with Gasteiger partial charge in [-0.3, -0.25) is 9.59 Å². The first kappa shape index (κ1) is 11.2. The van der Waals surface area contributed by atoms with E-state index in [-0.39, 0.29) is 29.3 Å². The Morgan fingerprint density at radius 2 is 2.11 bits per heavy atom. The minimum absolute atomic E-state index is 0.0636. The summed E-state index contributed by atoms with van der Waals surface area (Å²) in [6.07, 6.45) is 3.88. The van der Waals surface area contributed by atoms with Crippen LogP contribution < -0.4 is 4.74 Å². The number of hydrogen-bond acceptors (Lipinski definition) is 3. The molecule has 2 aliphatic carbocycles. The van der Waals surface area contributed by atoms with E-state index in [1.165, 1.54) is 0 Å². The highest BCUT2D eigenvalue weighted by molar-refractivity contribution is 6.02. The van der Waals surface area contributed by atoms with Gasteiger partial charge in [-0.05, 0) is 23.8 Å². The Bertz CT molecular complexity index is 544. The van der Waals surface area contributed by atoms with Crippen LogP contribution >= 0.6 is 0 Å². The zero-order valence-corrected chi connectivity index (χ0v) is 10.1. The van der Waals surface area contributed by atoms with Crippen molar-refractivity contribution in [3.05, 3.63) is 42.0 Å². The molecule has 1 aromatic carbocycles. The summed E-state index contributed by atoms with van der Waals surface area (Å²) in [6, 6.07) is 7.62. The standard InChI is InChI=1S/C15H14O3/c1-18-11-4-2-3-9(7-11)14-12-6-5-10(16)8-13(12)15(14)17/h2-7,12-14H,8H2,1H3/t12-,13+,14-/m1/s1. The van der Waals surface area contributed by atoms with Gasteiger partial charge in [-0.15, -0.1) is 0 Å². The zero-order valence-electron chi connectivity index (χ0n) is 10.1. The third-order valence-corrected chi connectivity index (χ3v) is 3.90. The van der Waals surface area contributed by atoms with Crippen LogP contribution in [0.2, 0.25) is 0 Å². The van der Waals surface area contributed by atoms with Crippen molar-refractivity contribution in [2.75, 3.05) is 7.11 Å². The molecule has 0 bridgehead atoms.